The minimum absolute atomic E-state index is 0.0195. The number of rotatable bonds is 9. The molecular weight excluding hydrogens is 272 g/mol. The number of hydrogen-bond donors (Lipinski definition) is 1. The highest BCUT2D eigenvalue weighted by atomic mass is 16.6. The Kier molecular flexibility index (Phi) is 6.94. The van der Waals surface area contributed by atoms with E-state index in [1.54, 1.807) is 13.2 Å². The summed E-state index contributed by atoms with van der Waals surface area (Å²) >= 11 is 0. The number of nitro benzene ring substituents is 1. The Morgan fingerprint density at radius 1 is 1.33 bits per heavy atom. The number of nitro groups is 1. The molecule has 0 heterocycles. The van der Waals surface area contributed by atoms with Crippen molar-refractivity contribution in [2.75, 3.05) is 25.6 Å². The SMILES string of the molecule is CCCOc1cc(NC(COC)C(C)C)cc([N+](=O)[O-])c1. The van der Waals surface area contributed by atoms with E-state index < -0.39 is 4.92 Å². The smallest absolute Gasteiger partial charge is 0.275 e. The molecule has 1 N–H and O–H groups in total. The summed E-state index contributed by atoms with van der Waals surface area (Å²) in [6, 6.07) is 4.83. The Morgan fingerprint density at radius 2 is 2.05 bits per heavy atom. The van der Waals surface area contributed by atoms with Crippen LogP contribution >= 0.6 is 0 Å². The standard InChI is InChI=1S/C15H24N2O4/c1-5-6-21-14-8-12(7-13(9-14)17(18)19)16-15(10-20-4)11(2)3/h7-9,11,15-16H,5-6,10H2,1-4H3. The van der Waals surface area contributed by atoms with E-state index in [-0.39, 0.29) is 11.7 Å². The van der Waals surface area contributed by atoms with Crippen molar-refractivity contribution in [3.8, 4) is 5.75 Å². The van der Waals surface area contributed by atoms with Crippen LogP contribution in [0, 0.1) is 16.0 Å². The number of non-ortho nitro benzene ring substituents is 1. The summed E-state index contributed by atoms with van der Waals surface area (Å²) in [7, 11) is 1.64. The van der Waals surface area contributed by atoms with Crippen LogP contribution in [-0.2, 0) is 4.74 Å². The van der Waals surface area contributed by atoms with E-state index >= 15 is 0 Å². The third-order valence-electron chi connectivity index (χ3n) is 3.08. The number of nitrogens with one attached hydrogen (secondary N) is 1. The Bertz CT molecular complexity index is 463. The lowest BCUT2D eigenvalue weighted by atomic mass is 10.0. The highest BCUT2D eigenvalue weighted by Crippen LogP contribution is 2.27. The molecule has 1 rings (SSSR count). The first-order valence-electron chi connectivity index (χ1n) is 7.15. The number of hydrogen-bond acceptors (Lipinski definition) is 5. The van der Waals surface area contributed by atoms with Crippen LogP contribution in [0.4, 0.5) is 11.4 Å². The maximum Gasteiger partial charge on any atom is 0.275 e. The Balaban J connectivity index is 2.98. The van der Waals surface area contributed by atoms with Gasteiger partial charge < -0.3 is 14.8 Å². The number of ether oxygens (including phenoxy) is 2. The zero-order valence-corrected chi connectivity index (χ0v) is 13.1. The molecule has 6 heteroatoms. The third kappa shape index (κ3) is 5.59. The summed E-state index contributed by atoms with van der Waals surface area (Å²) in [6.45, 7) is 7.20. The van der Waals surface area contributed by atoms with Crippen LogP contribution in [0.25, 0.3) is 0 Å². The predicted octanol–water partition coefficient (Wildman–Crippen LogP) is 3.47. The molecule has 0 amide bonds. The van der Waals surface area contributed by atoms with Crippen LogP contribution in [-0.4, -0.2) is 31.3 Å². The van der Waals surface area contributed by atoms with Crippen molar-refractivity contribution in [3.05, 3.63) is 28.3 Å². The Labute approximate surface area is 125 Å². The number of nitrogens with zero attached hydrogens (tertiary/aromatic N) is 1. The molecule has 6 nitrogen and oxygen atoms in total. The first-order chi connectivity index (χ1) is 9.97. The van der Waals surface area contributed by atoms with Crippen molar-refractivity contribution in [1.82, 2.24) is 0 Å². The van der Waals surface area contributed by atoms with Crippen LogP contribution in [0.2, 0.25) is 0 Å². The van der Waals surface area contributed by atoms with Crippen LogP contribution < -0.4 is 10.1 Å². The molecular formula is C15H24N2O4. The van der Waals surface area contributed by atoms with Gasteiger partial charge in [0.05, 0.1) is 30.2 Å². The summed E-state index contributed by atoms with van der Waals surface area (Å²) in [5.74, 6) is 0.845. The summed E-state index contributed by atoms with van der Waals surface area (Å²) in [4.78, 5) is 10.6. The molecule has 0 radical (unpaired) electrons. The van der Waals surface area contributed by atoms with Crippen molar-refractivity contribution in [2.45, 2.75) is 33.2 Å². The molecule has 118 valence electrons. The number of methoxy groups -OCH3 is 1. The summed E-state index contributed by atoms with van der Waals surface area (Å²) in [5.41, 5.74) is 0.692. The second-order valence-electron chi connectivity index (χ2n) is 5.27. The van der Waals surface area contributed by atoms with Gasteiger partial charge in [-0.3, -0.25) is 10.1 Å². The zero-order chi connectivity index (χ0) is 15.8. The van der Waals surface area contributed by atoms with Crippen molar-refractivity contribution in [2.24, 2.45) is 5.92 Å². The lowest BCUT2D eigenvalue weighted by Crippen LogP contribution is -2.30. The topological polar surface area (TPSA) is 73.6 Å². The fourth-order valence-corrected chi connectivity index (χ4v) is 1.87. The molecule has 0 aliphatic heterocycles. The second-order valence-corrected chi connectivity index (χ2v) is 5.27. The monoisotopic (exact) mass is 296 g/mol. The largest absolute Gasteiger partial charge is 0.493 e. The molecule has 1 atom stereocenters. The molecule has 0 saturated carbocycles. The molecule has 0 aliphatic carbocycles. The van der Waals surface area contributed by atoms with Gasteiger partial charge in [0.1, 0.15) is 5.75 Å². The summed E-state index contributed by atoms with van der Waals surface area (Å²) in [6.07, 6.45) is 0.851. The minimum Gasteiger partial charge on any atom is -0.493 e. The molecule has 1 unspecified atom stereocenters. The first-order valence-corrected chi connectivity index (χ1v) is 7.15. The fourth-order valence-electron chi connectivity index (χ4n) is 1.87. The zero-order valence-electron chi connectivity index (χ0n) is 13.1. The highest BCUT2D eigenvalue weighted by Gasteiger charge is 2.16. The molecule has 0 fully saturated rings. The molecule has 0 aliphatic rings. The Morgan fingerprint density at radius 3 is 2.57 bits per heavy atom. The van der Waals surface area contributed by atoms with Gasteiger partial charge in [-0.15, -0.1) is 0 Å². The van der Waals surface area contributed by atoms with Crippen molar-refractivity contribution < 1.29 is 14.4 Å². The van der Waals surface area contributed by atoms with E-state index in [0.717, 1.165) is 6.42 Å². The van der Waals surface area contributed by atoms with Crippen molar-refractivity contribution >= 4 is 11.4 Å². The van der Waals surface area contributed by atoms with E-state index in [1.807, 2.05) is 6.92 Å². The van der Waals surface area contributed by atoms with Gasteiger partial charge in [0.15, 0.2) is 0 Å². The maximum atomic E-state index is 11.0. The van der Waals surface area contributed by atoms with E-state index in [0.29, 0.717) is 30.6 Å². The van der Waals surface area contributed by atoms with Crippen LogP contribution in [0.3, 0.4) is 0 Å². The van der Waals surface area contributed by atoms with Gasteiger partial charge in [0, 0.05) is 24.9 Å². The van der Waals surface area contributed by atoms with Gasteiger partial charge >= 0.3 is 0 Å². The first kappa shape index (κ1) is 17.2. The van der Waals surface area contributed by atoms with E-state index in [9.17, 15) is 10.1 Å². The molecule has 0 spiro atoms. The second kappa shape index (κ2) is 8.46. The fraction of sp³-hybridized carbons (Fsp3) is 0.600. The molecule has 0 bridgehead atoms. The van der Waals surface area contributed by atoms with Gasteiger partial charge in [0.25, 0.3) is 5.69 Å². The molecule has 21 heavy (non-hydrogen) atoms. The third-order valence-corrected chi connectivity index (χ3v) is 3.08. The van der Waals surface area contributed by atoms with Gasteiger partial charge in [0.2, 0.25) is 0 Å². The summed E-state index contributed by atoms with van der Waals surface area (Å²) in [5, 5.41) is 14.3. The average Bonchev–Trinajstić information content (AvgIpc) is 2.44. The van der Waals surface area contributed by atoms with Gasteiger partial charge in [-0.2, -0.15) is 0 Å². The summed E-state index contributed by atoms with van der Waals surface area (Å²) < 4.78 is 10.7. The average molecular weight is 296 g/mol. The van der Waals surface area contributed by atoms with E-state index in [2.05, 4.69) is 19.2 Å². The lowest BCUT2D eigenvalue weighted by Gasteiger charge is -2.23. The van der Waals surface area contributed by atoms with E-state index in [4.69, 9.17) is 9.47 Å². The lowest BCUT2D eigenvalue weighted by molar-refractivity contribution is -0.384. The molecule has 0 saturated heterocycles. The molecule has 0 aromatic heterocycles. The normalized spacial score (nSPS) is 12.2. The van der Waals surface area contributed by atoms with Crippen LogP contribution in [0.5, 0.6) is 5.75 Å². The molecule has 1 aromatic carbocycles. The number of benzene rings is 1. The van der Waals surface area contributed by atoms with Gasteiger partial charge in [-0.1, -0.05) is 20.8 Å². The highest BCUT2D eigenvalue weighted by molar-refractivity contribution is 5.57. The van der Waals surface area contributed by atoms with Gasteiger partial charge in [-0.25, -0.2) is 0 Å². The van der Waals surface area contributed by atoms with Crippen molar-refractivity contribution in [1.29, 1.82) is 0 Å². The van der Waals surface area contributed by atoms with E-state index in [1.165, 1.54) is 12.1 Å². The Hall–Kier alpha value is -1.82. The predicted molar refractivity (Wildman–Crippen MR) is 83.0 cm³/mol. The maximum absolute atomic E-state index is 11.0. The minimum atomic E-state index is -0.412. The van der Waals surface area contributed by atoms with Crippen LogP contribution in [0.1, 0.15) is 27.2 Å². The quantitative estimate of drug-likeness (QED) is 0.558. The number of anilines is 1. The molecule has 1 aromatic rings. The van der Waals surface area contributed by atoms with Crippen LogP contribution in [0.15, 0.2) is 18.2 Å². The van der Waals surface area contributed by atoms with Crippen molar-refractivity contribution in [3.63, 3.8) is 0 Å². The van der Waals surface area contributed by atoms with Gasteiger partial charge in [-0.05, 0) is 12.3 Å².